The van der Waals surface area contributed by atoms with E-state index in [2.05, 4.69) is 15.9 Å². The molecule has 0 saturated carbocycles. The van der Waals surface area contributed by atoms with Gasteiger partial charge in [-0.25, -0.2) is 0 Å². The molecule has 0 bridgehead atoms. The van der Waals surface area contributed by atoms with Gasteiger partial charge in [0.05, 0.1) is 23.8 Å². The average Bonchev–Trinajstić information content (AvgIpc) is 2.47. The second-order valence-corrected chi connectivity index (χ2v) is 4.82. The molecule has 0 aliphatic carbocycles. The smallest absolute Gasteiger partial charge is 0.175 e. The van der Waals surface area contributed by atoms with Gasteiger partial charge in [0.25, 0.3) is 0 Å². The molecule has 0 fully saturated rings. The van der Waals surface area contributed by atoms with Crippen molar-refractivity contribution in [2.24, 2.45) is 0 Å². The summed E-state index contributed by atoms with van der Waals surface area (Å²) in [5, 5.41) is 9.44. The van der Waals surface area contributed by atoms with E-state index in [9.17, 15) is 5.11 Å². The molecule has 1 aromatic carbocycles. The molecule has 4 heteroatoms. The Balaban J connectivity index is 2.39. The van der Waals surface area contributed by atoms with Crippen molar-refractivity contribution in [3.05, 3.63) is 22.2 Å². The van der Waals surface area contributed by atoms with E-state index in [4.69, 9.17) is 9.47 Å². The second kappa shape index (κ2) is 5.06. The lowest BCUT2D eigenvalue weighted by molar-refractivity contribution is 0.193. The summed E-state index contributed by atoms with van der Waals surface area (Å²) in [4.78, 5) is 0. The molecular formula is C12H15BrO3. The van der Waals surface area contributed by atoms with Crippen molar-refractivity contribution in [1.82, 2.24) is 0 Å². The SMILES string of the molecule is CC(O)Cc1ccc(Br)c2c1OCCCO2. The van der Waals surface area contributed by atoms with Crippen LogP contribution in [-0.2, 0) is 6.42 Å². The highest BCUT2D eigenvalue weighted by Gasteiger charge is 2.18. The fraction of sp³-hybridized carbons (Fsp3) is 0.500. The van der Waals surface area contributed by atoms with Crippen molar-refractivity contribution < 1.29 is 14.6 Å². The van der Waals surface area contributed by atoms with Crippen LogP contribution in [0.5, 0.6) is 11.5 Å². The minimum absolute atomic E-state index is 0.378. The summed E-state index contributed by atoms with van der Waals surface area (Å²) >= 11 is 3.45. The van der Waals surface area contributed by atoms with E-state index in [0.717, 1.165) is 28.0 Å². The lowest BCUT2D eigenvalue weighted by atomic mass is 10.1. The average molecular weight is 287 g/mol. The van der Waals surface area contributed by atoms with Crippen LogP contribution in [-0.4, -0.2) is 24.4 Å². The van der Waals surface area contributed by atoms with E-state index < -0.39 is 0 Å². The van der Waals surface area contributed by atoms with E-state index in [0.29, 0.717) is 19.6 Å². The van der Waals surface area contributed by atoms with Gasteiger partial charge in [0.1, 0.15) is 0 Å². The predicted molar refractivity (Wildman–Crippen MR) is 65.1 cm³/mol. The zero-order chi connectivity index (χ0) is 11.5. The van der Waals surface area contributed by atoms with Crippen LogP contribution in [0.25, 0.3) is 0 Å². The number of halogens is 1. The Morgan fingerprint density at radius 2 is 2.00 bits per heavy atom. The highest BCUT2D eigenvalue weighted by Crippen LogP contribution is 2.40. The van der Waals surface area contributed by atoms with Crippen molar-refractivity contribution in [1.29, 1.82) is 0 Å². The standard InChI is InChI=1S/C12H15BrO3/c1-8(14)7-9-3-4-10(13)12-11(9)15-5-2-6-16-12/h3-4,8,14H,2,5-7H2,1H3. The van der Waals surface area contributed by atoms with Crippen LogP contribution in [0.4, 0.5) is 0 Å². The van der Waals surface area contributed by atoms with E-state index in [1.807, 2.05) is 12.1 Å². The van der Waals surface area contributed by atoms with Crippen LogP contribution in [0.1, 0.15) is 18.9 Å². The normalized spacial score (nSPS) is 16.7. The Kier molecular flexibility index (Phi) is 3.71. The predicted octanol–water partition coefficient (Wildman–Crippen LogP) is 2.53. The fourth-order valence-electron chi connectivity index (χ4n) is 1.76. The van der Waals surface area contributed by atoms with Gasteiger partial charge in [0, 0.05) is 18.4 Å². The van der Waals surface area contributed by atoms with Gasteiger partial charge in [0.15, 0.2) is 11.5 Å². The minimum Gasteiger partial charge on any atom is -0.489 e. The maximum absolute atomic E-state index is 9.44. The topological polar surface area (TPSA) is 38.7 Å². The van der Waals surface area contributed by atoms with Gasteiger partial charge in [-0.15, -0.1) is 0 Å². The Morgan fingerprint density at radius 1 is 1.31 bits per heavy atom. The molecule has 1 aliphatic rings. The lowest BCUT2D eigenvalue weighted by Gasteiger charge is -2.14. The molecule has 0 amide bonds. The molecule has 0 spiro atoms. The zero-order valence-corrected chi connectivity index (χ0v) is 10.8. The van der Waals surface area contributed by atoms with Crippen LogP contribution in [0.2, 0.25) is 0 Å². The summed E-state index contributed by atoms with van der Waals surface area (Å²) < 4.78 is 12.2. The summed E-state index contributed by atoms with van der Waals surface area (Å²) in [6.07, 6.45) is 1.09. The molecule has 1 atom stereocenters. The van der Waals surface area contributed by atoms with Crippen LogP contribution in [0.3, 0.4) is 0 Å². The quantitative estimate of drug-likeness (QED) is 0.908. The maximum atomic E-state index is 9.44. The van der Waals surface area contributed by atoms with Crippen molar-refractivity contribution >= 4 is 15.9 Å². The number of hydrogen-bond acceptors (Lipinski definition) is 3. The summed E-state index contributed by atoms with van der Waals surface area (Å²) in [5.41, 5.74) is 0.995. The van der Waals surface area contributed by atoms with Crippen molar-refractivity contribution in [2.45, 2.75) is 25.9 Å². The van der Waals surface area contributed by atoms with Gasteiger partial charge < -0.3 is 14.6 Å². The highest BCUT2D eigenvalue weighted by molar-refractivity contribution is 9.10. The molecular weight excluding hydrogens is 272 g/mol. The van der Waals surface area contributed by atoms with Crippen LogP contribution in [0.15, 0.2) is 16.6 Å². The van der Waals surface area contributed by atoms with Gasteiger partial charge >= 0.3 is 0 Å². The fourth-order valence-corrected chi connectivity index (χ4v) is 2.19. The van der Waals surface area contributed by atoms with Gasteiger partial charge in [-0.2, -0.15) is 0 Å². The third kappa shape index (κ3) is 2.50. The minimum atomic E-state index is -0.378. The second-order valence-electron chi connectivity index (χ2n) is 3.97. The first kappa shape index (κ1) is 11.7. The third-order valence-electron chi connectivity index (χ3n) is 2.44. The van der Waals surface area contributed by atoms with Crippen LogP contribution in [0, 0.1) is 0 Å². The number of benzene rings is 1. The molecule has 0 saturated heterocycles. The van der Waals surface area contributed by atoms with Crippen LogP contribution < -0.4 is 9.47 Å². The number of aliphatic hydroxyl groups is 1. The van der Waals surface area contributed by atoms with Gasteiger partial charge in [-0.3, -0.25) is 0 Å². The highest BCUT2D eigenvalue weighted by atomic mass is 79.9. The van der Waals surface area contributed by atoms with Crippen molar-refractivity contribution in [2.75, 3.05) is 13.2 Å². The summed E-state index contributed by atoms with van der Waals surface area (Å²) in [5.74, 6) is 1.53. The maximum Gasteiger partial charge on any atom is 0.175 e. The monoisotopic (exact) mass is 286 g/mol. The number of aliphatic hydroxyl groups excluding tert-OH is 1. The Morgan fingerprint density at radius 3 is 2.69 bits per heavy atom. The molecule has 88 valence electrons. The molecule has 3 nitrogen and oxygen atoms in total. The van der Waals surface area contributed by atoms with E-state index in [1.165, 1.54) is 0 Å². The molecule has 1 aromatic rings. The Bertz CT molecular complexity index is 377. The largest absolute Gasteiger partial charge is 0.489 e. The van der Waals surface area contributed by atoms with Crippen molar-refractivity contribution in [3.8, 4) is 11.5 Å². The van der Waals surface area contributed by atoms with Gasteiger partial charge in [-0.05, 0) is 28.9 Å². The Hall–Kier alpha value is -0.740. The molecule has 2 rings (SSSR count). The third-order valence-corrected chi connectivity index (χ3v) is 3.07. The number of rotatable bonds is 2. The Labute approximate surface area is 104 Å². The first-order valence-corrected chi connectivity index (χ1v) is 6.23. The first-order valence-electron chi connectivity index (χ1n) is 5.43. The van der Waals surface area contributed by atoms with Crippen molar-refractivity contribution in [3.63, 3.8) is 0 Å². The van der Waals surface area contributed by atoms with Crippen LogP contribution >= 0.6 is 15.9 Å². The molecule has 1 heterocycles. The zero-order valence-electron chi connectivity index (χ0n) is 9.20. The summed E-state index contributed by atoms with van der Waals surface area (Å²) in [6.45, 7) is 3.10. The molecule has 1 N–H and O–H groups in total. The molecule has 1 unspecified atom stereocenters. The lowest BCUT2D eigenvalue weighted by Crippen LogP contribution is -2.07. The first-order chi connectivity index (χ1) is 7.68. The summed E-state index contributed by atoms with van der Waals surface area (Å²) in [6, 6.07) is 3.90. The van der Waals surface area contributed by atoms with E-state index >= 15 is 0 Å². The number of hydrogen-bond donors (Lipinski definition) is 1. The molecule has 0 radical (unpaired) electrons. The molecule has 1 aliphatic heterocycles. The van der Waals surface area contributed by atoms with Gasteiger partial charge in [0.2, 0.25) is 0 Å². The van der Waals surface area contributed by atoms with Gasteiger partial charge in [-0.1, -0.05) is 6.07 Å². The summed E-state index contributed by atoms with van der Waals surface area (Å²) in [7, 11) is 0. The molecule has 0 aromatic heterocycles. The number of fused-ring (bicyclic) bond motifs is 1. The van der Waals surface area contributed by atoms with E-state index in [1.54, 1.807) is 6.92 Å². The van der Waals surface area contributed by atoms with E-state index in [-0.39, 0.29) is 6.10 Å². The molecule has 16 heavy (non-hydrogen) atoms. The number of ether oxygens (including phenoxy) is 2.